The van der Waals surface area contributed by atoms with E-state index in [-0.39, 0.29) is 0 Å². The standard InChI is InChI=1S/C14H19NO2/c1-2-14(17-13-3-6-15-7-4-13)9-11-5-8-16-10-12(1)11/h1-2,9,13,15H,3-8,10H2. The number of fused-ring (bicyclic) bond motifs is 1. The van der Waals surface area contributed by atoms with Crippen molar-refractivity contribution in [3.63, 3.8) is 0 Å². The molecule has 0 atom stereocenters. The van der Waals surface area contributed by atoms with Crippen molar-refractivity contribution < 1.29 is 9.47 Å². The minimum atomic E-state index is 0.383. The molecular formula is C14H19NO2. The molecule has 3 heteroatoms. The molecule has 0 bridgehead atoms. The summed E-state index contributed by atoms with van der Waals surface area (Å²) in [6.45, 7) is 3.74. The molecule has 0 amide bonds. The highest BCUT2D eigenvalue weighted by atomic mass is 16.5. The summed E-state index contributed by atoms with van der Waals surface area (Å²) in [4.78, 5) is 0. The SMILES string of the molecule is c1cc2c(cc1OC1CCNCC1)CCOC2. The van der Waals surface area contributed by atoms with Crippen LogP contribution in [0.1, 0.15) is 24.0 Å². The van der Waals surface area contributed by atoms with Gasteiger partial charge in [-0.25, -0.2) is 0 Å². The summed E-state index contributed by atoms with van der Waals surface area (Å²) in [5.74, 6) is 1.03. The summed E-state index contributed by atoms with van der Waals surface area (Å²) in [5, 5.41) is 3.35. The number of hydrogen-bond acceptors (Lipinski definition) is 3. The molecule has 0 radical (unpaired) electrons. The van der Waals surface area contributed by atoms with Crippen molar-refractivity contribution in [2.24, 2.45) is 0 Å². The van der Waals surface area contributed by atoms with E-state index in [1.807, 2.05) is 0 Å². The molecule has 92 valence electrons. The second kappa shape index (κ2) is 5.07. The molecule has 1 fully saturated rings. The molecule has 0 spiro atoms. The minimum Gasteiger partial charge on any atom is -0.490 e. The van der Waals surface area contributed by atoms with Crippen molar-refractivity contribution in [3.8, 4) is 5.75 Å². The number of rotatable bonds is 2. The van der Waals surface area contributed by atoms with E-state index < -0.39 is 0 Å². The normalized spacial score (nSPS) is 20.9. The van der Waals surface area contributed by atoms with E-state index in [4.69, 9.17) is 9.47 Å². The maximum Gasteiger partial charge on any atom is 0.120 e. The maximum absolute atomic E-state index is 6.04. The molecule has 1 aromatic rings. The predicted molar refractivity (Wildman–Crippen MR) is 66.3 cm³/mol. The Morgan fingerprint density at radius 1 is 1.18 bits per heavy atom. The molecule has 17 heavy (non-hydrogen) atoms. The summed E-state index contributed by atoms with van der Waals surface area (Å²) in [6, 6.07) is 6.42. The van der Waals surface area contributed by atoms with Gasteiger partial charge in [-0.05, 0) is 55.6 Å². The van der Waals surface area contributed by atoms with Crippen LogP contribution in [0.25, 0.3) is 0 Å². The van der Waals surface area contributed by atoms with E-state index in [2.05, 4.69) is 23.5 Å². The molecule has 3 rings (SSSR count). The van der Waals surface area contributed by atoms with Gasteiger partial charge in [0.2, 0.25) is 0 Å². The van der Waals surface area contributed by atoms with Gasteiger partial charge in [-0.1, -0.05) is 6.07 Å². The van der Waals surface area contributed by atoms with Crippen molar-refractivity contribution in [1.29, 1.82) is 0 Å². The molecule has 2 heterocycles. The zero-order valence-electron chi connectivity index (χ0n) is 10.1. The lowest BCUT2D eigenvalue weighted by Gasteiger charge is -2.25. The monoisotopic (exact) mass is 233 g/mol. The van der Waals surface area contributed by atoms with Gasteiger partial charge < -0.3 is 14.8 Å². The minimum absolute atomic E-state index is 0.383. The molecule has 1 N–H and O–H groups in total. The maximum atomic E-state index is 6.04. The third-order valence-electron chi connectivity index (χ3n) is 3.54. The Labute approximate surface area is 102 Å². The van der Waals surface area contributed by atoms with Gasteiger partial charge in [0.25, 0.3) is 0 Å². The van der Waals surface area contributed by atoms with Gasteiger partial charge >= 0.3 is 0 Å². The number of benzene rings is 1. The van der Waals surface area contributed by atoms with Gasteiger partial charge in [0.15, 0.2) is 0 Å². The van der Waals surface area contributed by atoms with Gasteiger partial charge in [-0.3, -0.25) is 0 Å². The second-order valence-corrected chi connectivity index (χ2v) is 4.80. The molecule has 0 unspecified atom stereocenters. The Hall–Kier alpha value is -1.06. The van der Waals surface area contributed by atoms with Crippen LogP contribution in [0.2, 0.25) is 0 Å². The average molecular weight is 233 g/mol. The van der Waals surface area contributed by atoms with Gasteiger partial charge in [0, 0.05) is 0 Å². The van der Waals surface area contributed by atoms with E-state index in [0.717, 1.165) is 51.3 Å². The average Bonchev–Trinajstić information content (AvgIpc) is 2.40. The van der Waals surface area contributed by atoms with Crippen LogP contribution >= 0.6 is 0 Å². The smallest absolute Gasteiger partial charge is 0.120 e. The fraction of sp³-hybridized carbons (Fsp3) is 0.571. The third kappa shape index (κ3) is 2.61. The van der Waals surface area contributed by atoms with Gasteiger partial charge in [-0.15, -0.1) is 0 Å². The van der Waals surface area contributed by atoms with Crippen LogP contribution in [0.3, 0.4) is 0 Å². The van der Waals surface area contributed by atoms with Crippen LogP contribution < -0.4 is 10.1 Å². The molecule has 2 aliphatic heterocycles. The Kier molecular flexibility index (Phi) is 3.29. The fourth-order valence-corrected chi connectivity index (χ4v) is 2.52. The van der Waals surface area contributed by atoms with E-state index in [0.29, 0.717) is 6.10 Å². The number of piperidine rings is 1. The van der Waals surface area contributed by atoms with Crippen LogP contribution in [0.5, 0.6) is 5.75 Å². The number of nitrogens with one attached hydrogen (secondary N) is 1. The summed E-state index contributed by atoms with van der Waals surface area (Å²) in [7, 11) is 0. The first-order chi connectivity index (χ1) is 8.42. The largest absolute Gasteiger partial charge is 0.490 e. The van der Waals surface area contributed by atoms with Crippen molar-refractivity contribution >= 4 is 0 Å². The van der Waals surface area contributed by atoms with E-state index in [1.165, 1.54) is 11.1 Å². The van der Waals surface area contributed by atoms with Gasteiger partial charge in [0.05, 0.1) is 13.2 Å². The quantitative estimate of drug-likeness (QED) is 0.846. The third-order valence-corrected chi connectivity index (χ3v) is 3.54. The summed E-state index contributed by atoms with van der Waals surface area (Å²) in [5.41, 5.74) is 2.71. The zero-order chi connectivity index (χ0) is 11.5. The molecule has 3 nitrogen and oxygen atoms in total. The first-order valence-electron chi connectivity index (χ1n) is 6.49. The highest BCUT2D eigenvalue weighted by Crippen LogP contribution is 2.24. The predicted octanol–water partition coefficient (Wildman–Crippen LogP) is 1.89. The molecule has 0 aromatic heterocycles. The van der Waals surface area contributed by atoms with Gasteiger partial charge in [0.1, 0.15) is 11.9 Å². The van der Waals surface area contributed by atoms with Crippen molar-refractivity contribution in [2.75, 3.05) is 19.7 Å². The number of ether oxygens (including phenoxy) is 2. The van der Waals surface area contributed by atoms with Crippen molar-refractivity contribution in [3.05, 3.63) is 29.3 Å². The Morgan fingerprint density at radius 2 is 2.06 bits per heavy atom. The van der Waals surface area contributed by atoms with E-state index in [1.54, 1.807) is 0 Å². The first kappa shape index (κ1) is 11.1. The van der Waals surface area contributed by atoms with Crippen molar-refractivity contribution in [1.82, 2.24) is 5.32 Å². The van der Waals surface area contributed by atoms with Gasteiger partial charge in [-0.2, -0.15) is 0 Å². The topological polar surface area (TPSA) is 30.5 Å². The summed E-state index contributed by atoms with van der Waals surface area (Å²) >= 11 is 0. The van der Waals surface area contributed by atoms with Crippen LogP contribution in [-0.2, 0) is 17.8 Å². The van der Waals surface area contributed by atoms with Crippen LogP contribution in [0, 0.1) is 0 Å². The van der Waals surface area contributed by atoms with Crippen LogP contribution in [0.4, 0.5) is 0 Å². The summed E-state index contributed by atoms with van der Waals surface area (Å²) < 4.78 is 11.5. The molecular weight excluding hydrogens is 214 g/mol. The highest BCUT2D eigenvalue weighted by molar-refractivity contribution is 5.36. The lowest BCUT2D eigenvalue weighted by atomic mass is 10.0. The molecule has 1 aromatic carbocycles. The van der Waals surface area contributed by atoms with E-state index in [9.17, 15) is 0 Å². The van der Waals surface area contributed by atoms with Crippen LogP contribution in [0.15, 0.2) is 18.2 Å². The zero-order valence-corrected chi connectivity index (χ0v) is 10.1. The van der Waals surface area contributed by atoms with Crippen molar-refractivity contribution in [2.45, 2.75) is 32.0 Å². The number of hydrogen-bond donors (Lipinski definition) is 1. The second-order valence-electron chi connectivity index (χ2n) is 4.80. The summed E-state index contributed by atoms with van der Waals surface area (Å²) in [6.07, 6.45) is 3.62. The lowest BCUT2D eigenvalue weighted by Crippen LogP contribution is -2.34. The molecule has 2 aliphatic rings. The molecule has 1 saturated heterocycles. The van der Waals surface area contributed by atoms with Crippen LogP contribution in [-0.4, -0.2) is 25.8 Å². The molecule has 0 aliphatic carbocycles. The molecule has 0 saturated carbocycles. The first-order valence-corrected chi connectivity index (χ1v) is 6.49. The Morgan fingerprint density at radius 3 is 2.94 bits per heavy atom. The van der Waals surface area contributed by atoms with E-state index >= 15 is 0 Å². The highest BCUT2D eigenvalue weighted by Gasteiger charge is 2.16. The fourth-order valence-electron chi connectivity index (χ4n) is 2.52. The Bertz CT molecular complexity index is 386. The Balaban J connectivity index is 1.70. The lowest BCUT2D eigenvalue weighted by molar-refractivity contribution is 0.110.